The van der Waals surface area contributed by atoms with Crippen LogP contribution in [0.3, 0.4) is 0 Å². The van der Waals surface area contributed by atoms with E-state index in [9.17, 15) is 8.78 Å². The van der Waals surface area contributed by atoms with Crippen molar-refractivity contribution in [3.05, 3.63) is 71.7 Å². The molecule has 1 aliphatic heterocycles. The molecule has 0 aliphatic carbocycles. The molecule has 0 amide bonds. The fourth-order valence-corrected chi connectivity index (χ4v) is 3.40. The van der Waals surface area contributed by atoms with Gasteiger partial charge in [-0.15, -0.1) is 0 Å². The highest BCUT2D eigenvalue weighted by Crippen LogP contribution is 2.32. The second-order valence-electron chi connectivity index (χ2n) is 6.82. The Kier molecular flexibility index (Phi) is 4.51. The van der Waals surface area contributed by atoms with Crippen molar-refractivity contribution >= 4 is 0 Å². The molecule has 7 nitrogen and oxygen atoms in total. The Hall–Kier alpha value is -3.59. The van der Waals surface area contributed by atoms with Gasteiger partial charge < -0.3 is 18.6 Å². The maximum atomic E-state index is 13.5. The number of rotatable bonds is 4. The Morgan fingerprint density at radius 2 is 1.93 bits per heavy atom. The fraction of sp³-hybridized carbons (Fsp3) is 0.190. The number of nitrogens with zero attached hydrogens (tertiary/aromatic N) is 4. The highest BCUT2D eigenvalue weighted by Gasteiger charge is 2.26. The van der Waals surface area contributed by atoms with E-state index in [2.05, 4.69) is 15.1 Å². The summed E-state index contributed by atoms with van der Waals surface area (Å²) in [5.41, 5.74) is 2.66. The quantitative estimate of drug-likeness (QED) is 0.503. The lowest BCUT2D eigenvalue weighted by atomic mass is 10.1. The Morgan fingerprint density at radius 1 is 1.10 bits per heavy atom. The first kappa shape index (κ1) is 18.4. The molecule has 0 radical (unpaired) electrons. The third-order valence-electron chi connectivity index (χ3n) is 5.02. The maximum absolute atomic E-state index is 13.5. The monoisotopic (exact) mass is 410 g/mol. The van der Waals surface area contributed by atoms with Gasteiger partial charge in [-0.1, -0.05) is 17.3 Å². The van der Waals surface area contributed by atoms with E-state index in [1.165, 1.54) is 6.07 Å². The van der Waals surface area contributed by atoms with E-state index in [0.29, 0.717) is 24.4 Å². The zero-order valence-electron chi connectivity index (χ0n) is 15.9. The standard InChI is InChI=1S/C21H16F2N4O3/c1-28-14-5-2-12(3-6-14)18-9-27-11-24-19(17(27)10-29-18)21-25-20(26-30-21)13-4-7-15(22)16(23)8-13/h2-8,11,18H,9-10H2,1H3. The summed E-state index contributed by atoms with van der Waals surface area (Å²) in [7, 11) is 1.63. The first-order valence-electron chi connectivity index (χ1n) is 9.21. The van der Waals surface area contributed by atoms with Gasteiger partial charge in [0, 0.05) is 5.56 Å². The topological polar surface area (TPSA) is 75.2 Å². The van der Waals surface area contributed by atoms with Crippen LogP contribution in [0.5, 0.6) is 5.75 Å². The first-order valence-corrected chi connectivity index (χ1v) is 9.21. The van der Waals surface area contributed by atoms with Crippen molar-refractivity contribution < 1.29 is 22.8 Å². The number of ether oxygens (including phenoxy) is 2. The average molecular weight is 410 g/mol. The van der Waals surface area contributed by atoms with Crippen molar-refractivity contribution in [1.29, 1.82) is 0 Å². The molecule has 152 valence electrons. The van der Waals surface area contributed by atoms with Crippen LogP contribution in [0.2, 0.25) is 0 Å². The lowest BCUT2D eigenvalue weighted by Crippen LogP contribution is -2.20. The second-order valence-corrected chi connectivity index (χ2v) is 6.82. The van der Waals surface area contributed by atoms with Gasteiger partial charge in [-0.2, -0.15) is 4.98 Å². The Morgan fingerprint density at radius 3 is 2.70 bits per heavy atom. The number of halogens is 2. The largest absolute Gasteiger partial charge is 0.497 e. The van der Waals surface area contributed by atoms with Crippen molar-refractivity contribution in [3.8, 4) is 28.7 Å². The molecule has 1 atom stereocenters. The molecule has 0 saturated heterocycles. The van der Waals surface area contributed by atoms with Crippen LogP contribution >= 0.6 is 0 Å². The summed E-state index contributed by atoms with van der Waals surface area (Å²) in [4.78, 5) is 8.68. The molecule has 2 aromatic heterocycles. The summed E-state index contributed by atoms with van der Waals surface area (Å²) < 4.78 is 45.2. The lowest BCUT2D eigenvalue weighted by molar-refractivity contribution is 0.00328. The van der Waals surface area contributed by atoms with Gasteiger partial charge >= 0.3 is 0 Å². The lowest BCUT2D eigenvalue weighted by Gasteiger charge is -2.25. The summed E-state index contributed by atoms with van der Waals surface area (Å²) in [5.74, 6) is -0.785. The summed E-state index contributed by atoms with van der Waals surface area (Å²) in [5, 5.41) is 3.86. The molecule has 5 rings (SSSR count). The van der Waals surface area contributed by atoms with Crippen LogP contribution in [0.1, 0.15) is 17.4 Å². The predicted molar refractivity (Wildman–Crippen MR) is 101 cm³/mol. The number of aromatic nitrogens is 4. The van der Waals surface area contributed by atoms with Gasteiger partial charge in [0.05, 0.1) is 32.3 Å². The summed E-state index contributed by atoms with van der Waals surface area (Å²) in [6, 6.07) is 11.2. The minimum Gasteiger partial charge on any atom is -0.497 e. The predicted octanol–water partition coefficient (Wildman–Crippen LogP) is 4.16. The van der Waals surface area contributed by atoms with Crippen LogP contribution in [-0.2, 0) is 17.9 Å². The number of fused-ring (bicyclic) bond motifs is 1. The number of methoxy groups -OCH3 is 1. The Labute approximate surface area is 169 Å². The normalized spacial score (nSPS) is 15.8. The minimum atomic E-state index is -0.976. The summed E-state index contributed by atoms with van der Waals surface area (Å²) in [6.07, 6.45) is 1.58. The minimum absolute atomic E-state index is 0.120. The fourth-order valence-electron chi connectivity index (χ4n) is 3.40. The molecule has 1 unspecified atom stereocenters. The molecule has 3 heterocycles. The van der Waals surface area contributed by atoms with Gasteiger partial charge in [0.15, 0.2) is 17.3 Å². The smallest absolute Gasteiger partial charge is 0.278 e. The molecule has 0 N–H and O–H groups in total. The number of imidazole rings is 1. The molecular weight excluding hydrogens is 394 g/mol. The van der Waals surface area contributed by atoms with Crippen molar-refractivity contribution in [3.63, 3.8) is 0 Å². The molecule has 9 heteroatoms. The molecule has 0 fully saturated rings. The summed E-state index contributed by atoms with van der Waals surface area (Å²) >= 11 is 0. The first-order chi connectivity index (χ1) is 14.6. The number of hydrogen-bond acceptors (Lipinski definition) is 6. The van der Waals surface area contributed by atoms with Crippen LogP contribution in [0.4, 0.5) is 8.78 Å². The molecule has 0 bridgehead atoms. The molecular formula is C21H16F2N4O3. The van der Waals surface area contributed by atoms with E-state index < -0.39 is 11.6 Å². The van der Waals surface area contributed by atoms with Crippen molar-refractivity contribution in [2.24, 2.45) is 0 Å². The third-order valence-corrected chi connectivity index (χ3v) is 5.02. The van der Waals surface area contributed by atoms with Crippen LogP contribution in [-0.4, -0.2) is 26.8 Å². The SMILES string of the molecule is COc1ccc(C2Cn3cnc(-c4nc(-c5ccc(F)c(F)c5)no4)c3CO2)cc1. The van der Waals surface area contributed by atoms with Crippen LogP contribution < -0.4 is 4.74 Å². The molecule has 4 aromatic rings. The van der Waals surface area contributed by atoms with E-state index in [-0.39, 0.29) is 17.8 Å². The van der Waals surface area contributed by atoms with Gasteiger partial charge in [0.25, 0.3) is 5.89 Å². The van der Waals surface area contributed by atoms with Gasteiger partial charge in [0.2, 0.25) is 5.82 Å². The molecule has 0 saturated carbocycles. The van der Waals surface area contributed by atoms with Crippen molar-refractivity contribution in [1.82, 2.24) is 19.7 Å². The van der Waals surface area contributed by atoms with Crippen LogP contribution in [0.15, 0.2) is 53.3 Å². The Balaban J connectivity index is 1.39. The highest BCUT2D eigenvalue weighted by atomic mass is 19.2. The van der Waals surface area contributed by atoms with E-state index in [0.717, 1.165) is 29.1 Å². The number of benzene rings is 2. The molecule has 2 aromatic carbocycles. The van der Waals surface area contributed by atoms with E-state index in [1.807, 2.05) is 28.8 Å². The van der Waals surface area contributed by atoms with Gasteiger partial charge in [0.1, 0.15) is 11.9 Å². The van der Waals surface area contributed by atoms with Crippen LogP contribution in [0, 0.1) is 11.6 Å². The van der Waals surface area contributed by atoms with E-state index in [4.69, 9.17) is 14.0 Å². The van der Waals surface area contributed by atoms with E-state index >= 15 is 0 Å². The number of hydrogen-bond donors (Lipinski definition) is 0. The zero-order chi connectivity index (χ0) is 20.7. The maximum Gasteiger partial charge on any atom is 0.278 e. The van der Waals surface area contributed by atoms with Crippen molar-refractivity contribution in [2.75, 3.05) is 7.11 Å². The van der Waals surface area contributed by atoms with Gasteiger partial charge in [-0.05, 0) is 35.9 Å². The van der Waals surface area contributed by atoms with Gasteiger partial charge in [-0.3, -0.25) is 0 Å². The van der Waals surface area contributed by atoms with E-state index in [1.54, 1.807) is 13.4 Å². The third kappa shape index (κ3) is 3.22. The molecule has 1 aliphatic rings. The second kappa shape index (κ2) is 7.34. The van der Waals surface area contributed by atoms with Gasteiger partial charge in [-0.25, -0.2) is 13.8 Å². The molecule has 0 spiro atoms. The van der Waals surface area contributed by atoms with Crippen molar-refractivity contribution in [2.45, 2.75) is 19.3 Å². The zero-order valence-corrected chi connectivity index (χ0v) is 15.9. The average Bonchev–Trinajstić information content (AvgIpc) is 3.42. The summed E-state index contributed by atoms with van der Waals surface area (Å²) in [6.45, 7) is 0.897. The van der Waals surface area contributed by atoms with Crippen LogP contribution in [0.25, 0.3) is 23.0 Å². The molecule has 30 heavy (non-hydrogen) atoms. The Bertz CT molecular complexity index is 1200. The highest BCUT2D eigenvalue weighted by molar-refractivity contribution is 5.59.